The van der Waals surface area contributed by atoms with Crippen LogP contribution in [0.1, 0.15) is 5.56 Å². The van der Waals surface area contributed by atoms with Crippen LogP contribution in [0.4, 0.5) is 0 Å². The van der Waals surface area contributed by atoms with Gasteiger partial charge in [-0.3, -0.25) is 0 Å². The summed E-state index contributed by atoms with van der Waals surface area (Å²) in [5.74, 6) is 0.268. The van der Waals surface area contributed by atoms with Crippen molar-refractivity contribution in [3.8, 4) is 5.88 Å². The molecule has 0 aliphatic rings. The van der Waals surface area contributed by atoms with Gasteiger partial charge in [-0.2, -0.15) is 0 Å². The highest BCUT2D eigenvalue weighted by Crippen LogP contribution is 2.12. The first-order valence-electron chi connectivity index (χ1n) is 2.72. The maximum atomic E-state index is 8.99. The molecule has 2 nitrogen and oxygen atoms in total. The summed E-state index contributed by atoms with van der Waals surface area (Å²) in [6.45, 7) is 3.56. The van der Waals surface area contributed by atoms with Crippen LogP contribution in [0, 0.1) is 0 Å². The smallest absolute Gasteiger partial charge is 0.191 e. The van der Waals surface area contributed by atoms with Crippen molar-refractivity contribution in [1.82, 2.24) is 4.57 Å². The third-order valence-corrected chi connectivity index (χ3v) is 1.24. The minimum atomic E-state index is 0.268. The standard InChI is InChI=1S/C7H9NO/c1-3-6-4-7(9)8(2)5-6/h3-5,9H,1H2,2H3. The molecule has 1 heterocycles. The van der Waals surface area contributed by atoms with Gasteiger partial charge in [0.05, 0.1) is 0 Å². The second-order valence-corrected chi connectivity index (χ2v) is 1.95. The molecule has 0 saturated heterocycles. The van der Waals surface area contributed by atoms with E-state index in [1.807, 2.05) is 6.20 Å². The molecular formula is C7H9NO. The molecule has 1 rings (SSSR count). The van der Waals surface area contributed by atoms with E-state index in [-0.39, 0.29) is 5.88 Å². The van der Waals surface area contributed by atoms with E-state index in [1.54, 1.807) is 23.8 Å². The number of aromatic hydroxyl groups is 1. The monoisotopic (exact) mass is 123 g/mol. The highest BCUT2D eigenvalue weighted by molar-refractivity contribution is 5.48. The van der Waals surface area contributed by atoms with Crippen molar-refractivity contribution in [3.63, 3.8) is 0 Å². The van der Waals surface area contributed by atoms with E-state index >= 15 is 0 Å². The quantitative estimate of drug-likeness (QED) is 0.599. The fourth-order valence-corrected chi connectivity index (χ4v) is 0.690. The van der Waals surface area contributed by atoms with Crippen molar-refractivity contribution in [2.75, 3.05) is 0 Å². The molecule has 48 valence electrons. The lowest BCUT2D eigenvalue weighted by Crippen LogP contribution is -1.80. The van der Waals surface area contributed by atoms with Crippen LogP contribution in [0.15, 0.2) is 18.8 Å². The van der Waals surface area contributed by atoms with Gasteiger partial charge < -0.3 is 9.67 Å². The summed E-state index contributed by atoms with van der Waals surface area (Å²) >= 11 is 0. The Morgan fingerprint density at radius 2 is 2.44 bits per heavy atom. The fraction of sp³-hybridized carbons (Fsp3) is 0.143. The third-order valence-electron chi connectivity index (χ3n) is 1.24. The van der Waals surface area contributed by atoms with E-state index in [0.29, 0.717) is 0 Å². The lowest BCUT2D eigenvalue weighted by Gasteiger charge is -1.88. The molecule has 0 aliphatic carbocycles. The van der Waals surface area contributed by atoms with E-state index in [2.05, 4.69) is 6.58 Å². The summed E-state index contributed by atoms with van der Waals surface area (Å²) in [4.78, 5) is 0. The Kier molecular flexibility index (Phi) is 1.30. The normalized spacial score (nSPS) is 9.44. The zero-order chi connectivity index (χ0) is 6.85. The molecule has 0 aromatic carbocycles. The van der Waals surface area contributed by atoms with Crippen molar-refractivity contribution >= 4 is 6.08 Å². The Morgan fingerprint density at radius 1 is 1.78 bits per heavy atom. The maximum absolute atomic E-state index is 8.99. The average molecular weight is 123 g/mol. The molecule has 0 saturated carbocycles. The van der Waals surface area contributed by atoms with Crippen molar-refractivity contribution in [3.05, 3.63) is 24.4 Å². The van der Waals surface area contributed by atoms with Crippen LogP contribution >= 0.6 is 0 Å². The van der Waals surface area contributed by atoms with Crippen LogP contribution in [0.2, 0.25) is 0 Å². The molecule has 1 aromatic heterocycles. The van der Waals surface area contributed by atoms with Crippen LogP contribution in [0.25, 0.3) is 6.08 Å². The van der Waals surface area contributed by atoms with Gasteiger partial charge in [-0.15, -0.1) is 0 Å². The molecule has 9 heavy (non-hydrogen) atoms. The van der Waals surface area contributed by atoms with E-state index in [0.717, 1.165) is 5.56 Å². The summed E-state index contributed by atoms with van der Waals surface area (Å²) in [6.07, 6.45) is 3.50. The van der Waals surface area contributed by atoms with Crippen LogP contribution in [-0.2, 0) is 7.05 Å². The molecule has 0 atom stereocenters. The molecule has 2 heteroatoms. The number of hydrogen-bond donors (Lipinski definition) is 1. The minimum Gasteiger partial charge on any atom is -0.494 e. The largest absolute Gasteiger partial charge is 0.494 e. The molecule has 0 amide bonds. The molecule has 0 radical (unpaired) electrons. The predicted octanol–water partition coefficient (Wildman–Crippen LogP) is 1.37. The summed E-state index contributed by atoms with van der Waals surface area (Å²) in [5, 5.41) is 8.99. The third kappa shape index (κ3) is 0.964. The zero-order valence-electron chi connectivity index (χ0n) is 5.33. The first-order chi connectivity index (χ1) is 4.24. The van der Waals surface area contributed by atoms with Crippen molar-refractivity contribution in [2.45, 2.75) is 0 Å². The predicted molar refractivity (Wildman–Crippen MR) is 37.2 cm³/mol. The Balaban J connectivity index is 3.11. The average Bonchev–Trinajstić information content (AvgIpc) is 2.13. The number of aryl methyl sites for hydroxylation is 1. The first kappa shape index (κ1) is 5.95. The summed E-state index contributed by atoms with van der Waals surface area (Å²) < 4.78 is 1.64. The van der Waals surface area contributed by atoms with Crippen molar-refractivity contribution in [1.29, 1.82) is 0 Å². The lowest BCUT2D eigenvalue weighted by molar-refractivity contribution is 0.432. The Labute approximate surface area is 54.0 Å². The van der Waals surface area contributed by atoms with Gasteiger partial charge in [-0.25, -0.2) is 0 Å². The highest BCUT2D eigenvalue weighted by atomic mass is 16.3. The minimum absolute atomic E-state index is 0.268. The molecule has 1 N–H and O–H groups in total. The maximum Gasteiger partial charge on any atom is 0.191 e. The Morgan fingerprint density at radius 3 is 2.67 bits per heavy atom. The van der Waals surface area contributed by atoms with Crippen LogP contribution in [0.5, 0.6) is 5.88 Å². The van der Waals surface area contributed by atoms with Gasteiger partial charge in [0.25, 0.3) is 0 Å². The van der Waals surface area contributed by atoms with Gasteiger partial charge in [0.2, 0.25) is 0 Å². The van der Waals surface area contributed by atoms with E-state index < -0.39 is 0 Å². The van der Waals surface area contributed by atoms with Crippen LogP contribution in [-0.4, -0.2) is 9.67 Å². The van der Waals surface area contributed by atoms with Crippen molar-refractivity contribution < 1.29 is 5.11 Å². The first-order valence-corrected chi connectivity index (χ1v) is 2.72. The van der Waals surface area contributed by atoms with E-state index in [1.165, 1.54) is 0 Å². The molecule has 0 unspecified atom stereocenters. The summed E-state index contributed by atoms with van der Waals surface area (Å²) in [7, 11) is 1.78. The van der Waals surface area contributed by atoms with Gasteiger partial charge in [-0.1, -0.05) is 12.7 Å². The fourth-order valence-electron chi connectivity index (χ4n) is 0.690. The molecule has 1 aromatic rings. The second kappa shape index (κ2) is 1.97. The Hall–Kier alpha value is -1.18. The van der Waals surface area contributed by atoms with E-state index in [9.17, 15) is 0 Å². The Bertz CT molecular complexity index is 205. The van der Waals surface area contributed by atoms with Crippen LogP contribution < -0.4 is 0 Å². The lowest BCUT2D eigenvalue weighted by atomic mass is 10.3. The number of rotatable bonds is 1. The van der Waals surface area contributed by atoms with Crippen LogP contribution in [0.3, 0.4) is 0 Å². The molecule has 0 fully saturated rings. The SMILES string of the molecule is C=Cc1cc(O)n(C)c1. The second-order valence-electron chi connectivity index (χ2n) is 1.95. The van der Waals surface area contributed by atoms with E-state index in [4.69, 9.17) is 5.11 Å². The van der Waals surface area contributed by atoms with Gasteiger partial charge >= 0.3 is 0 Å². The molecule has 0 aliphatic heterocycles. The molecule has 0 spiro atoms. The number of aromatic nitrogens is 1. The highest BCUT2D eigenvalue weighted by Gasteiger charge is 1.94. The van der Waals surface area contributed by atoms with Gasteiger partial charge in [0.1, 0.15) is 0 Å². The summed E-state index contributed by atoms with van der Waals surface area (Å²) in [5.41, 5.74) is 0.940. The van der Waals surface area contributed by atoms with Gasteiger partial charge in [-0.05, 0) is 5.56 Å². The topological polar surface area (TPSA) is 25.2 Å². The number of hydrogen-bond acceptors (Lipinski definition) is 1. The van der Waals surface area contributed by atoms with Gasteiger partial charge in [0.15, 0.2) is 5.88 Å². The van der Waals surface area contributed by atoms with Gasteiger partial charge in [0, 0.05) is 19.3 Å². The number of nitrogens with zero attached hydrogens (tertiary/aromatic N) is 1. The molecule has 0 bridgehead atoms. The summed E-state index contributed by atoms with van der Waals surface area (Å²) in [6, 6.07) is 1.66. The zero-order valence-corrected chi connectivity index (χ0v) is 5.33. The van der Waals surface area contributed by atoms with Crippen molar-refractivity contribution in [2.24, 2.45) is 7.05 Å². The molecular weight excluding hydrogens is 114 g/mol.